The fourth-order valence-corrected chi connectivity index (χ4v) is 11.8. The van der Waals surface area contributed by atoms with Crippen molar-refractivity contribution in [1.29, 1.82) is 0 Å². The lowest BCUT2D eigenvalue weighted by atomic mass is 9.89. The SMILES string of the molecule is CC[C@H](C)[C@@H]([C@@H](CC(=O)N1[C@H]2C[C@H]2C[C@H]1[C@H](OC)[C@@H](C)C(=O)N[C@H](C)[C@@H](OCNC(=O)CNC(=O)[C@H](Cc1ccccc1)NC(=O)CNC(=O)CNC(=O)OCc1ccccc1)c1ccccc1)OC)N(C)C(=O)[C@@H](NC(=O)[C@H](C(C)C)N(C)C)C(C)C. The Morgan fingerprint density at radius 2 is 1.23 bits per heavy atom. The number of piperidine rings is 1. The van der Waals surface area contributed by atoms with E-state index in [1.165, 1.54) is 7.11 Å². The van der Waals surface area contributed by atoms with E-state index in [2.05, 4.69) is 37.2 Å². The van der Waals surface area contributed by atoms with Crippen LogP contribution in [0.15, 0.2) is 91.0 Å². The van der Waals surface area contributed by atoms with E-state index in [4.69, 9.17) is 18.9 Å². The largest absolute Gasteiger partial charge is 0.445 e. The van der Waals surface area contributed by atoms with Crippen LogP contribution in [0.2, 0.25) is 0 Å². The second-order valence-corrected chi connectivity index (χ2v) is 24.1. The summed E-state index contributed by atoms with van der Waals surface area (Å²) in [5.74, 6) is -4.47. The third kappa shape index (κ3) is 20.8. The molecular formula is C65H96N10O13. The molecule has 1 aliphatic heterocycles. The van der Waals surface area contributed by atoms with Crippen molar-refractivity contribution in [3.8, 4) is 0 Å². The smallest absolute Gasteiger partial charge is 0.407 e. The molecule has 0 bridgehead atoms. The van der Waals surface area contributed by atoms with Crippen molar-refractivity contribution in [2.45, 2.75) is 155 Å². The molecule has 7 N–H and O–H groups in total. The Balaban J connectivity index is 1.17. The molecular weight excluding hydrogens is 1130 g/mol. The summed E-state index contributed by atoms with van der Waals surface area (Å²) >= 11 is 0. The van der Waals surface area contributed by atoms with E-state index in [-0.39, 0.29) is 79.5 Å². The minimum absolute atomic E-state index is 0.00344. The van der Waals surface area contributed by atoms with Crippen LogP contribution >= 0.6 is 0 Å². The van der Waals surface area contributed by atoms with E-state index in [0.29, 0.717) is 24.0 Å². The van der Waals surface area contributed by atoms with E-state index in [1.807, 2.05) is 102 Å². The van der Waals surface area contributed by atoms with Gasteiger partial charge in [0.1, 0.15) is 38.1 Å². The van der Waals surface area contributed by atoms with Crippen LogP contribution in [0.3, 0.4) is 0 Å². The molecule has 484 valence electrons. The van der Waals surface area contributed by atoms with Gasteiger partial charge in [0.25, 0.3) is 0 Å². The average molecular weight is 1230 g/mol. The molecule has 0 aromatic heterocycles. The lowest BCUT2D eigenvalue weighted by Gasteiger charge is -2.41. The average Bonchev–Trinajstić information content (AvgIpc) is 2.28. The second kappa shape index (κ2) is 34.9. The quantitative estimate of drug-likeness (QED) is 0.0412. The molecule has 0 radical (unpaired) electrons. The number of benzene rings is 3. The van der Waals surface area contributed by atoms with Gasteiger partial charge in [-0.1, -0.05) is 146 Å². The Hall–Kier alpha value is -7.47. The highest BCUT2D eigenvalue weighted by atomic mass is 16.5. The van der Waals surface area contributed by atoms with Crippen molar-refractivity contribution in [3.05, 3.63) is 108 Å². The Bertz CT molecular complexity index is 2750. The highest BCUT2D eigenvalue weighted by Gasteiger charge is 2.57. The maximum absolute atomic E-state index is 14.8. The Labute approximate surface area is 519 Å². The number of methoxy groups -OCH3 is 2. The number of hydrogen-bond acceptors (Lipinski definition) is 14. The summed E-state index contributed by atoms with van der Waals surface area (Å²) in [6.07, 6.45) is -0.790. The number of rotatable bonds is 35. The highest BCUT2D eigenvalue weighted by molar-refractivity contribution is 5.93. The van der Waals surface area contributed by atoms with Crippen LogP contribution in [0, 0.1) is 29.6 Å². The highest BCUT2D eigenvalue weighted by Crippen LogP contribution is 2.50. The van der Waals surface area contributed by atoms with Crippen LogP contribution < -0.4 is 37.2 Å². The van der Waals surface area contributed by atoms with E-state index >= 15 is 0 Å². The minimum Gasteiger partial charge on any atom is -0.445 e. The molecule has 9 amide bonds. The fraction of sp³-hybridized carbons (Fsp3) is 0.585. The zero-order valence-corrected chi connectivity index (χ0v) is 53.5. The normalized spacial score (nSPS) is 18.6. The van der Waals surface area contributed by atoms with Gasteiger partial charge in [-0.05, 0) is 74.2 Å². The first-order chi connectivity index (χ1) is 41.9. The molecule has 23 heteroatoms. The maximum Gasteiger partial charge on any atom is 0.407 e. The van der Waals surface area contributed by atoms with E-state index in [0.717, 1.165) is 12.0 Å². The van der Waals surface area contributed by atoms with Crippen LogP contribution in [0.1, 0.15) is 104 Å². The monoisotopic (exact) mass is 1220 g/mol. The summed E-state index contributed by atoms with van der Waals surface area (Å²) in [7, 11) is 8.49. The summed E-state index contributed by atoms with van der Waals surface area (Å²) < 4.78 is 23.6. The van der Waals surface area contributed by atoms with Crippen molar-refractivity contribution >= 4 is 53.4 Å². The van der Waals surface area contributed by atoms with Gasteiger partial charge in [0, 0.05) is 33.7 Å². The Morgan fingerprint density at radius 1 is 0.636 bits per heavy atom. The minimum atomic E-state index is -1.14. The predicted molar refractivity (Wildman–Crippen MR) is 331 cm³/mol. The van der Waals surface area contributed by atoms with Crippen LogP contribution in [0.25, 0.3) is 0 Å². The molecule has 2 aliphatic rings. The number of nitrogens with zero attached hydrogens (tertiary/aromatic N) is 3. The summed E-state index contributed by atoms with van der Waals surface area (Å²) in [5.41, 5.74) is 2.19. The lowest BCUT2D eigenvalue weighted by molar-refractivity contribution is -0.149. The topological polar surface area (TPSA) is 284 Å². The molecule has 1 saturated carbocycles. The molecule has 23 nitrogen and oxygen atoms in total. The number of ether oxygens (including phenoxy) is 4. The number of hydrogen-bond donors (Lipinski definition) is 7. The molecule has 0 spiro atoms. The van der Waals surface area contributed by atoms with Gasteiger partial charge in [0.05, 0.1) is 61.8 Å². The molecule has 0 unspecified atom stereocenters. The van der Waals surface area contributed by atoms with Gasteiger partial charge in [0.2, 0.25) is 47.3 Å². The number of alkyl carbamates (subject to hydrolysis) is 1. The zero-order chi connectivity index (χ0) is 64.8. The summed E-state index contributed by atoms with van der Waals surface area (Å²) in [5, 5.41) is 18.7. The Kier molecular flexibility index (Phi) is 28.3. The number of likely N-dealkylation sites (tertiary alicyclic amines) is 1. The van der Waals surface area contributed by atoms with Crippen LogP contribution in [0.4, 0.5) is 4.79 Å². The summed E-state index contributed by atoms with van der Waals surface area (Å²) in [6.45, 7) is 13.6. The number of fused-ring (bicyclic) bond motifs is 1. The summed E-state index contributed by atoms with van der Waals surface area (Å²) in [6, 6.07) is 23.0. The molecule has 2 fully saturated rings. The van der Waals surface area contributed by atoms with Gasteiger partial charge in [-0.25, -0.2) is 4.79 Å². The van der Waals surface area contributed by atoms with E-state index in [9.17, 15) is 43.2 Å². The first-order valence-electron chi connectivity index (χ1n) is 30.6. The maximum atomic E-state index is 14.8. The number of carbonyl (C=O) groups is 9. The van der Waals surface area contributed by atoms with Crippen molar-refractivity contribution in [2.24, 2.45) is 29.6 Å². The first kappa shape index (κ1) is 71.3. The van der Waals surface area contributed by atoms with E-state index < -0.39 is 110 Å². The van der Waals surface area contributed by atoms with Crippen molar-refractivity contribution < 1.29 is 62.1 Å². The molecule has 5 rings (SSSR count). The van der Waals surface area contributed by atoms with Crippen LogP contribution in [0.5, 0.6) is 0 Å². The van der Waals surface area contributed by atoms with Crippen molar-refractivity contribution in [1.82, 2.24) is 51.9 Å². The van der Waals surface area contributed by atoms with Gasteiger partial charge in [-0.2, -0.15) is 0 Å². The molecule has 1 saturated heterocycles. The molecule has 13 atom stereocenters. The molecule has 3 aromatic rings. The standard InChI is InChI=1S/C65H96N10O13/c1-14-41(6)58(74(11)64(83)56(39(2)3)72-63(82)57(40(4)5)73(9)10)51(85-12)33-55(79)75-49-31-47(49)32-50(75)59(86-13)42(7)61(80)70-43(8)60(46-28-22-17-23-29-46)88-38-69-53(77)34-67-62(81)48(30-44-24-18-15-19-25-44)71-54(78)36-66-52(76)35-68-65(84)87-37-45-26-20-16-21-27-45/h15-29,39-43,47-51,56-60H,14,30-38H2,1-13H3,(H,66,76)(H,67,81)(H,68,84)(H,69,77)(H,70,80)(H,71,78)(H,72,82)/t41-,42+,43+,47-,48-,49-,50-,51+,56-,57-,58-,59+,60+/m0/s1. The van der Waals surface area contributed by atoms with Gasteiger partial charge < -0.3 is 66.0 Å². The summed E-state index contributed by atoms with van der Waals surface area (Å²) in [4.78, 5) is 127. The molecule has 1 aliphatic carbocycles. The van der Waals surface area contributed by atoms with Crippen molar-refractivity contribution in [3.63, 3.8) is 0 Å². The number of carbonyl (C=O) groups excluding carboxylic acids is 9. The van der Waals surface area contributed by atoms with Gasteiger partial charge in [-0.15, -0.1) is 0 Å². The molecule has 1 heterocycles. The predicted octanol–water partition coefficient (Wildman–Crippen LogP) is 3.85. The van der Waals surface area contributed by atoms with E-state index in [1.54, 1.807) is 87.5 Å². The third-order valence-corrected chi connectivity index (χ3v) is 16.7. The Morgan fingerprint density at radius 3 is 1.81 bits per heavy atom. The number of likely N-dealkylation sites (N-methyl/N-ethyl adjacent to an activating group) is 2. The van der Waals surface area contributed by atoms with Crippen LogP contribution in [-0.2, 0) is 70.3 Å². The molecule has 3 aromatic carbocycles. The number of amides is 9. The van der Waals surface area contributed by atoms with Crippen LogP contribution in [-0.4, -0.2) is 184 Å². The first-order valence-corrected chi connectivity index (χ1v) is 30.6. The van der Waals surface area contributed by atoms with Gasteiger partial charge in [-0.3, -0.25) is 43.3 Å². The second-order valence-electron chi connectivity index (χ2n) is 24.1. The fourth-order valence-electron chi connectivity index (χ4n) is 11.8. The molecule has 88 heavy (non-hydrogen) atoms. The van der Waals surface area contributed by atoms with Crippen molar-refractivity contribution in [2.75, 3.05) is 61.7 Å². The third-order valence-electron chi connectivity index (χ3n) is 16.7. The van der Waals surface area contributed by atoms with Gasteiger partial charge in [0.15, 0.2) is 0 Å². The lowest BCUT2D eigenvalue weighted by Crippen LogP contribution is -2.60. The zero-order valence-electron chi connectivity index (χ0n) is 53.5. The number of nitrogens with one attached hydrogen (secondary N) is 7. The van der Waals surface area contributed by atoms with Gasteiger partial charge >= 0.3 is 6.09 Å².